The van der Waals surface area contributed by atoms with Crippen LogP contribution in [0.1, 0.15) is 5.69 Å². The predicted octanol–water partition coefficient (Wildman–Crippen LogP) is 1.00. The van der Waals surface area contributed by atoms with Gasteiger partial charge in [-0.1, -0.05) is 0 Å². The molecule has 20 heavy (non-hydrogen) atoms. The van der Waals surface area contributed by atoms with Crippen LogP contribution in [0.2, 0.25) is 0 Å². The average molecular weight is 295 g/mol. The third-order valence-corrected chi connectivity index (χ3v) is 4.23. The van der Waals surface area contributed by atoms with Crippen molar-refractivity contribution in [2.45, 2.75) is 11.4 Å². The van der Waals surface area contributed by atoms with E-state index in [0.29, 0.717) is 22.9 Å². The van der Waals surface area contributed by atoms with Crippen LogP contribution in [0.15, 0.2) is 35.4 Å². The molecule has 7 nitrogen and oxygen atoms in total. The molecule has 0 amide bonds. The van der Waals surface area contributed by atoms with Crippen molar-refractivity contribution in [3.05, 3.63) is 36.2 Å². The van der Waals surface area contributed by atoms with E-state index in [0.717, 1.165) is 0 Å². The zero-order valence-electron chi connectivity index (χ0n) is 10.4. The molecule has 2 heterocycles. The number of rotatable bonds is 4. The van der Waals surface area contributed by atoms with Gasteiger partial charge in [-0.2, -0.15) is 0 Å². The van der Waals surface area contributed by atoms with Crippen LogP contribution in [0.25, 0.3) is 0 Å². The van der Waals surface area contributed by atoms with E-state index in [1.165, 1.54) is 12.3 Å². The SMILES string of the molecule is NCc1cc(S(=O)(=O)Nc2ccc3c(c2)OCO3)c[nH]1. The molecule has 2 aromatic rings. The van der Waals surface area contributed by atoms with Crippen LogP contribution in [-0.4, -0.2) is 20.2 Å². The topological polar surface area (TPSA) is 106 Å². The molecule has 1 aliphatic heterocycles. The smallest absolute Gasteiger partial charge is 0.263 e. The predicted molar refractivity (Wildman–Crippen MR) is 72.1 cm³/mol. The van der Waals surface area contributed by atoms with Gasteiger partial charge in [0.05, 0.1) is 5.69 Å². The standard InChI is InChI=1S/C12H13N3O4S/c13-5-9-3-10(6-14-9)20(16,17)15-8-1-2-11-12(4-8)19-7-18-11/h1-4,6,14-15H,5,7,13H2. The zero-order chi connectivity index (χ0) is 14.2. The maximum absolute atomic E-state index is 12.2. The summed E-state index contributed by atoms with van der Waals surface area (Å²) in [6.45, 7) is 0.392. The highest BCUT2D eigenvalue weighted by Gasteiger charge is 2.18. The van der Waals surface area contributed by atoms with Crippen LogP contribution in [0, 0.1) is 0 Å². The largest absolute Gasteiger partial charge is 0.454 e. The monoisotopic (exact) mass is 295 g/mol. The molecule has 0 saturated carbocycles. The summed E-state index contributed by atoms with van der Waals surface area (Å²) >= 11 is 0. The zero-order valence-corrected chi connectivity index (χ0v) is 11.2. The molecule has 0 saturated heterocycles. The lowest BCUT2D eigenvalue weighted by atomic mass is 10.3. The molecule has 4 N–H and O–H groups in total. The Balaban J connectivity index is 1.86. The van der Waals surface area contributed by atoms with E-state index < -0.39 is 10.0 Å². The summed E-state index contributed by atoms with van der Waals surface area (Å²) in [6, 6.07) is 6.34. The summed E-state index contributed by atoms with van der Waals surface area (Å²) in [6.07, 6.45) is 1.40. The highest BCUT2D eigenvalue weighted by Crippen LogP contribution is 2.34. The second-order valence-corrected chi connectivity index (χ2v) is 5.92. The molecule has 1 aromatic carbocycles. The van der Waals surface area contributed by atoms with Crippen molar-refractivity contribution in [1.82, 2.24) is 4.98 Å². The van der Waals surface area contributed by atoms with Crippen LogP contribution in [0.4, 0.5) is 5.69 Å². The Morgan fingerprint density at radius 2 is 2.05 bits per heavy atom. The van der Waals surface area contributed by atoms with Crippen LogP contribution in [-0.2, 0) is 16.6 Å². The second kappa shape index (κ2) is 4.73. The fourth-order valence-corrected chi connectivity index (χ4v) is 2.93. The Bertz CT molecular complexity index is 739. The van der Waals surface area contributed by atoms with Crippen molar-refractivity contribution in [2.24, 2.45) is 5.73 Å². The Morgan fingerprint density at radius 1 is 1.25 bits per heavy atom. The minimum atomic E-state index is -3.65. The van der Waals surface area contributed by atoms with E-state index in [9.17, 15) is 8.42 Å². The molecule has 0 unspecified atom stereocenters. The molecule has 3 rings (SSSR count). The van der Waals surface area contributed by atoms with Crippen LogP contribution in [0.3, 0.4) is 0 Å². The molecular formula is C12H13N3O4S. The fourth-order valence-electron chi connectivity index (χ4n) is 1.87. The van der Waals surface area contributed by atoms with Crippen molar-refractivity contribution in [2.75, 3.05) is 11.5 Å². The second-order valence-electron chi connectivity index (χ2n) is 4.24. The first-order valence-electron chi connectivity index (χ1n) is 5.88. The number of anilines is 1. The van der Waals surface area contributed by atoms with Crippen LogP contribution in [0.5, 0.6) is 11.5 Å². The maximum Gasteiger partial charge on any atom is 0.263 e. The number of H-pyrrole nitrogens is 1. The number of nitrogens with two attached hydrogens (primary N) is 1. The summed E-state index contributed by atoms with van der Waals surface area (Å²) in [5.74, 6) is 1.11. The molecule has 0 spiro atoms. The summed E-state index contributed by atoms with van der Waals surface area (Å²) in [5, 5.41) is 0. The summed E-state index contributed by atoms with van der Waals surface area (Å²) in [7, 11) is -3.65. The lowest BCUT2D eigenvalue weighted by Gasteiger charge is -2.07. The first-order chi connectivity index (χ1) is 9.58. The molecule has 0 atom stereocenters. The fraction of sp³-hybridized carbons (Fsp3) is 0.167. The van der Waals surface area contributed by atoms with E-state index in [4.69, 9.17) is 15.2 Å². The van der Waals surface area contributed by atoms with Gasteiger partial charge in [-0.05, 0) is 18.2 Å². The highest BCUT2D eigenvalue weighted by atomic mass is 32.2. The number of nitrogens with one attached hydrogen (secondary N) is 2. The van der Waals surface area contributed by atoms with Gasteiger partial charge in [0, 0.05) is 24.5 Å². The average Bonchev–Trinajstić information content (AvgIpc) is 3.06. The lowest BCUT2D eigenvalue weighted by Crippen LogP contribution is -2.12. The van der Waals surface area contributed by atoms with Crippen LogP contribution >= 0.6 is 0 Å². The van der Waals surface area contributed by atoms with Gasteiger partial charge < -0.3 is 20.2 Å². The van der Waals surface area contributed by atoms with Crippen molar-refractivity contribution in [1.29, 1.82) is 0 Å². The van der Waals surface area contributed by atoms with Crippen molar-refractivity contribution in [3.8, 4) is 11.5 Å². The third-order valence-electron chi connectivity index (χ3n) is 2.87. The molecule has 106 valence electrons. The minimum absolute atomic E-state index is 0.135. The quantitative estimate of drug-likeness (QED) is 0.780. The van der Waals surface area contributed by atoms with E-state index >= 15 is 0 Å². The molecule has 1 aromatic heterocycles. The van der Waals surface area contributed by atoms with Gasteiger partial charge in [0.25, 0.3) is 10.0 Å². The normalized spacial score (nSPS) is 13.4. The number of ether oxygens (including phenoxy) is 2. The summed E-state index contributed by atoms with van der Waals surface area (Å²) in [4.78, 5) is 2.93. The van der Waals surface area contributed by atoms with E-state index in [-0.39, 0.29) is 18.2 Å². The number of fused-ring (bicyclic) bond motifs is 1. The Kier molecular flexibility index (Phi) is 3.03. The number of aromatic nitrogens is 1. The minimum Gasteiger partial charge on any atom is -0.454 e. The number of sulfonamides is 1. The number of hydrogen-bond donors (Lipinski definition) is 3. The van der Waals surface area contributed by atoms with E-state index in [1.807, 2.05) is 0 Å². The van der Waals surface area contributed by atoms with Gasteiger partial charge in [-0.3, -0.25) is 4.72 Å². The molecule has 0 aliphatic carbocycles. The Morgan fingerprint density at radius 3 is 2.80 bits per heavy atom. The van der Waals surface area contributed by atoms with E-state index in [2.05, 4.69) is 9.71 Å². The highest BCUT2D eigenvalue weighted by molar-refractivity contribution is 7.92. The van der Waals surface area contributed by atoms with Gasteiger partial charge in [0.2, 0.25) is 6.79 Å². The van der Waals surface area contributed by atoms with Gasteiger partial charge in [-0.25, -0.2) is 8.42 Å². The number of hydrogen-bond acceptors (Lipinski definition) is 5. The first kappa shape index (κ1) is 12.8. The van der Waals surface area contributed by atoms with Gasteiger partial charge in [0.1, 0.15) is 4.90 Å². The molecule has 8 heteroatoms. The summed E-state index contributed by atoms with van der Waals surface area (Å²) in [5.41, 5.74) is 6.50. The lowest BCUT2D eigenvalue weighted by molar-refractivity contribution is 0.174. The van der Waals surface area contributed by atoms with Crippen molar-refractivity contribution >= 4 is 15.7 Å². The summed E-state index contributed by atoms with van der Waals surface area (Å²) < 4.78 is 37.2. The number of aromatic amines is 1. The van der Waals surface area contributed by atoms with Crippen molar-refractivity contribution in [3.63, 3.8) is 0 Å². The van der Waals surface area contributed by atoms with E-state index in [1.54, 1.807) is 18.2 Å². The van der Waals surface area contributed by atoms with Gasteiger partial charge in [0.15, 0.2) is 11.5 Å². The Labute approximate surface area is 115 Å². The molecule has 0 fully saturated rings. The molecule has 1 aliphatic rings. The van der Waals surface area contributed by atoms with Gasteiger partial charge in [-0.15, -0.1) is 0 Å². The molecular weight excluding hydrogens is 282 g/mol. The molecule has 0 radical (unpaired) electrons. The first-order valence-corrected chi connectivity index (χ1v) is 7.36. The Hall–Kier alpha value is -2.19. The maximum atomic E-state index is 12.2. The molecule has 0 bridgehead atoms. The third kappa shape index (κ3) is 2.30. The van der Waals surface area contributed by atoms with Gasteiger partial charge >= 0.3 is 0 Å². The van der Waals surface area contributed by atoms with Crippen LogP contribution < -0.4 is 19.9 Å². The number of benzene rings is 1. The van der Waals surface area contributed by atoms with Crippen molar-refractivity contribution < 1.29 is 17.9 Å².